The fourth-order valence-corrected chi connectivity index (χ4v) is 2.56. The molecule has 74 valence electrons. The van der Waals surface area contributed by atoms with Crippen molar-refractivity contribution < 1.29 is 19.8 Å². The van der Waals surface area contributed by atoms with Gasteiger partial charge in [-0.1, -0.05) is 0 Å². The Morgan fingerprint density at radius 3 is 1.69 bits per heavy atom. The zero-order chi connectivity index (χ0) is 9.84. The lowest BCUT2D eigenvalue weighted by Gasteiger charge is -2.15. The maximum atomic E-state index is 10.7. The quantitative estimate of drug-likeness (QED) is 0.699. The highest BCUT2D eigenvalue weighted by atomic mass is 32.2. The Balaban J connectivity index is 2.72. The lowest BCUT2D eigenvalue weighted by atomic mass is 9.88. The van der Waals surface area contributed by atoms with E-state index in [-0.39, 0.29) is 0 Å². The number of carbonyl (C=O) groups is 2. The van der Waals surface area contributed by atoms with Gasteiger partial charge in [0.2, 0.25) is 0 Å². The van der Waals surface area contributed by atoms with Crippen molar-refractivity contribution in [3.63, 3.8) is 0 Å². The first-order valence-corrected chi connectivity index (χ1v) is 5.31. The van der Waals surface area contributed by atoms with Crippen LogP contribution in [-0.4, -0.2) is 33.7 Å². The molecule has 5 heteroatoms. The molecule has 0 aromatic carbocycles. The summed E-state index contributed by atoms with van der Waals surface area (Å²) in [5, 5.41) is 17.6. The van der Waals surface area contributed by atoms with Crippen molar-refractivity contribution >= 4 is 23.7 Å². The average molecular weight is 204 g/mol. The molecular formula is C8H12O4S. The zero-order valence-corrected chi connectivity index (χ0v) is 7.92. The molecule has 1 aliphatic rings. The second-order valence-corrected chi connectivity index (χ2v) is 4.30. The fraction of sp³-hybridized carbons (Fsp3) is 0.750. The van der Waals surface area contributed by atoms with E-state index in [2.05, 4.69) is 0 Å². The van der Waals surface area contributed by atoms with Gasteiger partial charge in [-0.2, -0.15) is 11.8 Å². The lowest BCUT2D eigenvalue weighted by Crippen LogP contribution is -2.29. The van der Waals surface area contributed by atoms with Gasteiger partial charge < -0.3 is 10.2 Å². The molecule has 0 aromatic heterocycles. The molecule has 0 bridgehead atoms. The zero-order valence-electron chi connectivity index (χ0n) is 7.10. The van der Waals surface area contributed by atoms with Crippen molar-refractivity contribution in [3.8, 4) is 0 Å². The van der Waals surface area contributed by atoms with Crippen molar-refractivity contribution in [2.75, 3.05) is 11.5 Å². The van der Waals surface area contributed by atoms with Gasteiger partial charge >= 0.3 is 11.9 Å². The second-order valence-electron chi connectivity index (χ2n) is 3.08. The Hall–Kier alpha value is -0.710. The molecule has 1 fully saturated rings. The molecule has 1 rings (SSSR count). The standard InChI is InChI=1S/C8H12O4S/c9-7(10)5-1-3-13-4-2-6(5)8(11)12/h5-6H,1-4H2,(H,9,10)(H,11,12)/t5-,6+. The molecular weight excluding hydrogens is 192 g/mol. The van der Waals surface area contributed by atoms with Gasteiger partial charge in [0.05, 0.1) is 11.8 Å². The summed E-state index contributed by atoms with van der Waals surface area (Å²) in [5.41, 5.74) is 0. The minimum Gasteiger partial charge on any atom is -0.481 e. The van der Waals surface area contributed by atoms with Crippen molar-refractivity contribution in [2.45, 2.75) is 12.8 Å². The van der Waals surface area contributed by atoms with Crippen LogP contribution in [0.1, 0.15) is 12.8 Å². The minimum absolute atomic E-state index is 0.469. The molecule has 0 saturated carbocycles. The highest BCUT2D eigenvalue weighted by Crippen LogP contribution is 2.28. The number of rotatable bonds is 2. The molecule has 1 aliphatic heterocycles. The van der Waals surface area contributed by atoms with Crippen molar-refractivity contribution in [1.29, 1.82) is 0 Å². The van der Waals surface area contributed by atoms with E-state index in [9.17, 15) is 9.59 Å². The third kappa shape index (κ3) is 2.62. The summed E-state index contributed by atoms with van der Waals surface area (Å²) >= 11 is 1.63. The maximum absolute atomic E-state index is 10.7. The van der Waals surface area contributed by atoms with Crippen LogP contribution in [0.4, 0.5) is 0 Å². The third-order valence-corrected chi connectivity index (χ3v) is 3.32. The van der Waals surface area contributed by atoms with Crippen LogP contribution in [0, 0.1) is 11.8 Å². The molecule has 0 amide bonds. The Morgan fingerprint density at radius 1 is 1.00 bits per heavy atom. The molecule has 2 N–H and O–H groups in total. The first-order valence-electron chi connectivity index (χ1n) is 4.16. The number of carboxylic acids is 2. The summed E-state index contributed by atoms with van der Waals surface area (Å²) in [6, 6.07) is 0. The molecule has 1 saturated heterocycles. The van der Waals surface area contributed by atoms with E-state index in [0.29, 0.717) is 12.8 Å². The van der Waals surface area contributed by atoms with E-state index in [1.807, 2.05) is 0 Å². The first-order chi connectivity index (χ1) is 6.13. The van der Waals surface area contributed by atoms with Crippen LogP contribution >= 0.6 is 11.8 Å². The van der Waals surface area contributed by atoms with Gasteiger partial charge in [-0.3, -0.25) is 9.59 Å². The number of carboxylic acid groups (broad SMARTS) is 2. The van der Waals surface area contributed by atoms with Gasteiger partial charge in [-0.05, 0) is 24.3 Å². The summed E-state index contributed by atoms with van der Waals surface area (Å²) < 4.78 is 0. The van der Waals surface area contributed by atoms with E-state index in [1.54, 1.807) is 11.8 Å². The third-order valence-electron chi connectivity index (χ3n) is 2.27. The molecule has 2 atom stereocenters. The van der Waals surface area contributed by atoms with Crippen LogP contribution in [0.3, 0.4) is 0 Å². The fourth-order valence-electron chi connectivity index (χ4n) is 1.52. The summed E-state index contributed by atoms with van der Waals surface area (Å²) in [7, 11) is 0. The van der Waals surface area contributed by atoms with Gasteiger partial charge in [-0.25, -0.2) is 0 Å². The molecule has 4 nitrogen and oxygen atoms in total. The van der Waals surface area contributed by atoms with E-state index in [4.69, 9.17) is 10.2 Å². The summed E-state index contributed by atoms with van der Waals surface area (Å²) in [5.74, 6) is -1.86. The Labute approximate surface area is 80.3 Å². The van der Waals surface area contributed by atoms with Gasteiger partial charge in [-0.15, -0.1) is 0 Å². The average Bonchev–Trinajstić information content (AvgIpc) is 2.27. The lowest BCUT2D eigenvalue weighted by molar-refractivity contribution is -0.153. The van der Waals surface area contributed by atoms with Crippen molar-refractivity contribution in [3.05, 3.63) is 0 Å². The predicted octanol–water partition coefficient (Wildman–Crippen LogP) is 0.915. The highest BCUT2D eigenvalue weighted by molar-refractivity contribution is 7.99. The molecule has 0 unspecified atom stereocenters. The molecule has 0 aromatic rings. The van der Waals surface area contributed by atoms with Gasteiger partial charge in [0.15, 0.2) is 0 Å². The number of hydrogen-bond donors (Lipinski definition) is 2. The first kappa shape index (κ1) is 10.4. The number of hydrogen-bond acceptors (Lipinski definition) is 3. The molecule has 0 aliphatic carbocycles. The van der Waals surface area contributed by atoms with Crippen LogP contribution in [0.5, 0.6) is 0 Å². The summed E-state index contributed by atoms with van der Waals surface area (Å²) in [4.78, 5) is 21.5. The van der Waals surface area contributed by atoms with E-state index in [0.717, 1.165) is 11.5 Å². The van der Waals surface area contributed by atoms with Crippen LogP contribution in [-0.2, 0) is 9.59 Å². The maximum Gasteiger partial charge on any atom is 0.307 e. The van der Waals surface area contributed by atoms with Crippen LogP contribution < -0.4 is 0 Å². The largest absolute Gasteiger partial charge is 0.481 e. The van der Waals surface area contributed by atoms with E-state index in [1.165, 1.54) is 0 Å². The molecule has 0 radical (unpaired) electrons. The summed E-state index contributed by atoms with van der Waals surface area (Å²) in [6.07, 6.45) is 0.938. The topological polar surface area (TPSA) is 74.6 Å². The number of thioether (sulfide) groups is 1. The minimum atomic E-state index is -0.977. The normalized spacial score (nSPS) is 29.2. The van der Waals surface area contributed by atoms with Crippen LogP contribution in [0.15, 0.2) is 0 Å². The predicted molar refractivity (Wildman–Crippen MR) is 48.8 cm³/mol. The molecule has 1 heterocycles. The number of aliphatic carboxylic acids is 2. The van der Waals surface area contributed by atoms with E-state index < -0.39 is 23.8 Å². The van der Waals surface area contributed by atoms with Crippen LogP contribution in [0.25, 0.3) is 0 Å². The van der Waals surface area contributed by atoms with E-state index >= 15 is 0 Å². The van der Waals surface area contributed by atoms with Gasteiger partial charge in [0, 0.05) is 0 Å². The van der Waals surface area contributed by atoms with Crippen molar-refractivity contribution in [2.24, 2.45) is 11.8 Å². The molecule has 13 heavy (non-hydrogen) atoms. The van der Waals surface area contributed by atoms with Crippen molar-refractivity contribution in [1.82, 2.24) is 0 Å². The van der Waals surface area contributed by atoms with Crippen LogP contribution in [0.2, 0.25) is 0 Å². The molecule has 0 spiro atoms. The smallest absolute Gasteiger partial charge is 0.307 e. The highest BCUT2D eigenvalue weighted by Gasteiger charge is 2.34. The monoisotopic (exact) mass is 204 g/mol. The second kappa shape index (κ2) is 4.50. The Bertz CT molecular complexity index is 194. The van der Waals surface area contributed by atoms with Gasteiger partial charge in [0.25, 0.3) is 0 Å². The summed E-state index contributed by atoms with van der Waals surface area (Å²) in [6.45, 7) is 0. The van der Waals surface area contributed by atoms with Gasteiger partial charge in [0.1, 0.15) is 0 Å². The SMILES string of the molecule is O=C(O)[C@H]1CCSCC[C@H]1C(=O)O. The Kier molecular flexibility index (Phi) is 3.59. The Morgan fingerprint density at radius 2 is 1.38 bits per heavy atom.